The first-order valence-electron chi connectivity index (χ1n) is 4.96. The van der Waals surface area contributed by atoms with E-state index in [1.807, 2.05) is 18.2 Å². The minimum absolute atomic E-state index is 0.270. The molecule has 3 rings (SSSR count). The number of benzene rings is 1. The summed E-state index contributed by atoms with van der Waals surface area (Å²) in [6, 6.07) is 5.59. The molecule has 7 heteroatoms. The Hall–Kier alpha value is -2.57. The van der Waals surface area contributed by atoms with E-state index < -0.39 is 0 Å². The molecule has 86 valence electrons. The molecule has 1 aromatic heterocycles. The monoisotopic (exact) mass is 231 g/mol. The number of rotatable bonds is 3. The Morgan fingerprint density at radius 1 is 1.35 bits per heavy atom. The van der Waals surface area contributed by atoms with Crippen LogP contribution in [-0.2, 0) is 0 Å². The average molecular weight is 231 g/mol. The van der Waals surface area contributed by atoms with Gasteiger partial charge in [-0.25, -0.2) is 10.5 Å². The Morgan fingerprint density at radius 2 is 2.29 bits per heavy atom. The van der Waals surface area contributed by atoms with Crippen molar-refractivity contribution in [1.29, 1.82) is 0 Å². The lowest BCUT2D eigenvalue weighted by atomic mass is 10.2. The highest BCUT2D eigenvalue weighted by Crippen LogP contribution is 2.31. The van der Waals surface area contributed by atoms with Gasteiger partial charge in [-0.3, -0.25) is 0 Å². The van der Waals surface area contributed by atoms with Crippen LogP contribution in [0.25, 0.3) is 0 Å². The van der Waals surface area contributed by atoms with Crippen molar-refractivity contribution in [3.63, 3.8) is 0 Å². The fourth-order valence-corrected chi connectivity index (χ4v) is 1.42. The molecule has 0 unspecified atom stereocenters. The van der Waals surface area contributed by atoms with Crippen LogP contribution in [0, 0.1) is 0 Å². The maximum Gasteiger partial charge on any atom is 0.239 e. The molecule has 1 aliphatic heterocycles. The second-order valence-corrected chi connectivity index (χ2v) is 3.32. The number of hydrogen-bond donors (Lipinski definition) is 2. The predicted molar refractivity (Wildman–Crippen MR) is 60.2 cm³/mol. The third-order valence-electron chi connectivity index (χ3n) is 2.20. The van der Waals surface area contributed by atoms with Crippen LogP contribution in [0.5, 0.6) is 11.5 Å². The second-order valence-electron chi connectivity index (χ2n) is 3.32. The summed E-state index contributed by atoms with van der Waals surface area (Å²) >= 11 is 0. The van der Waals surface area contributed by atoms with Gasteiger partial charge >= 0.3 is 0 Å². The molecule has 0 spiro atoms. The molecule has 0 radical (unpaired) electrons. The molecular formula is C10H9N5O2. The highest BCUT2D eigenvalue weighted by Gasteiger charge is 2.12. The molecular weight excluding hydrogens is 222 g/mol. The second kappa shape index (κ2) is 4.12. The van der Waals surface area contributed by atoms with Crippen molar-refractivity contribution in [2.45, 2.75) is 0 Å². The van der Waals surface area contributed by atoms with Crippen molar-refractivity contribution in [2.24, 2.45) is 5.10 Å². The number of aromatic amines is 1. The molecule has 2 N–H and O–H groups in total. The number of ether oxygens (including phenoxy) is 2. The highest BCUT2D eigenvalue weighted by molar-refractivity contribution is 5.81. The fraction of sp³-hybridized carbons (Fsp3) is 0.100. The first-order chi connectivity index (χ1) is 8.42. The molecule has 0 aliphatic carbocycles. The maximum absolute atomic E-state index is 5.26. The number of fused-ring (bicyclic) bond motifs is 1. The van der Waals surface area contributed by atoms with Crippen molar-refractivity contribution in [2.75, 3.05) is 12.2 Å². The summed E-state index contributed by atoms with van der Waals surface area (Å²) in [5.41, 5.74) is 3.61. The molecule has 0 bridgehead atoms. The van der Waals surface area contributed by atoms with E-state index in [1.54, 1.807) is 6.21 Å². The van der Waals surface area contributed by atoms with E-state index in [9.17, 15) is 0 Å². The molecule has 0 saturated carbocycles. The lowest BCUT2D eigenvalue weighted by Crippen LogP contribution is -1.93. The largest absolute Gasteiger partial charge is 0.454 e. The first kappa shape index (κ1) is 9.64. The Bertz CT molecular complexity index is 538. The zero-order chi connectivity index (χ0) is 11.5. The van der Waals surface area contributed by atoms with Crippen LogP contribution in [0.2, 0.25) is 0 Å². The van der Waals surface area contributed by atoms with Crippen LogP contribution in [0.1, 0.15) is 5.56 Å². The Balaban J connectivity index is 1.70. The van der Waals surface area contributed by atoms with Gasteiger partial charge in [0.15, 0.2) is 11.5 Å². The van der Waals surface area contributed by atoms with Gasteiger partial charge in [-0.05, 0) is 23.8 Å². The quantitative estimate of drug-likeness (QED) is 0.607. The highest BCUT2D eigenvalue weighted by atomic mass is 16.7. The van der Waals surface area contributed by atoms with Crippen LogP contribution in [0.3, 0.4) is 0 Å². The van der Waals surface area contributed by atoms with E-state index in [-0.39, 0.29) is 6.79 Å². The molecule has 0 amide bonds. The zero-order valence-corrected chi connectivity index (χ0v) is 8.75. The molecule has 1 aliphatic rings. The number of hydrogen-bond acceptors (Lipinski definition) is 6. The smallest absolute Gasteiger partial charge is 0.239 e. The third kappa shape index (κ3) is 2.03. The van der Waals surface area contributed by atoms with Crippen LogP contribution in [-0.4, -0.2) is 28.2 Å². The van der Waals surface area contributed by atoms with Crippen LogP contribution >= 0.6 is 0 Å². The van der Waals surface area contributed by atoms with Crippen molar-refractivity contribution in [1.82, 2.24) is 15.2 Å². The molecule has 0 fully saturated rings. The first-order valence-corrected chi connectivity index (χ1v) is 4.96. The number of hydrazone groups is 1. The average Bonchev–Trinajstić information content (AvgIpc) is 2.98. The van der Waals surface area contributed by atoms with Gasteiger partial charge in [0.25, 0.3) is 0 Å². The minimum atomic E-state index is 0.270. The Kier molecular flexibility index (Phi) is 2.34. The molecule has 1 aromatic carbocycles. The number of H-pyrrole nitrogens is 1. The minimum Gasteiger partial charge on any atom is -0.454 e. The van der Waals surface area contributed by atoms with Gasteiger partial charge in [-0.2, -0.15) is 15.2 Å². The van der Waals surface area contributed by atoms with Crippen LogP contribution < -0.4 is 14.9 Å². The van der Waals surface area contributed by atoms with Gasteiger partial charge in [0.2, 0.25) is 12.7 Å². The van der Waals surface area contributed by atoms with Crippen molar-refractivity contribution < 1.29 is 9.47 Å². The van der Waals surface area contributed by atoms with Gasteiger partial charge in [-0.15, -0.1) is 0 Å². The van der Waals surface area contributed by atoms with Gasteiger partial charge in [0.05, 0.1) is 6.21 Å². The summed E-state index contributed by atoms with van der Waals surface area (Å²) in [4.78, 5) is 3.87. The SMILES string of the molecule is C(=NNc1ncn[nH]1)c1ccc2c(c1)OCO2. The van der Waals surface area contributed by atoms with Gasteiger partial charge in [0.1, 0.15) is 6.33 Å². The summed E-state index contributed by atoms with van der Waals surface area (Å²) < 4.78 is 10.5. The predicted octanol–water partition coefficient (Wildman–Crippen LogP) is 0.979. The topological polar surface area (TPSA) is 84.4 Å². The van der Waals surface area contributed by atoms with Gasteiger partial charge in [-0.1, -0.05) is 0 Å². The summed E-state index contributed by atoms with van der Waals surface area (Å²) in [5.74, 6) is 1.97. The summed E-state index contributed by atoms with van der Waals surface area (Å²) in [7, 11) is 0. The molecule has 0 atom stereocenters. The van der Waals surface area contributed by atoms with Gasteiger partial charge in [0, 0.05) is 0 Å². The number of nitrogens with zero attached hydrogens (tertiary/aromatic N) is 3. The standard InChI is InChI=1S/C10H9N5O2/c1-2-8-9(17-6-16-8)3-7(1)4-12-14-10-11-5-13-15-10/h1-5H,6H2,(H2,11,13,14,15). The number of aromatic nitrogens is 3. The van der Waals surface area contributed by atoms with E-state index in [1.165, 1.54) is 6.33 Å². The van der Waals surface area contributed by atoms with E-state index in [0.29, 0.717) is 5.95 Å². The number of anilines is 1. The molecule has 17 heavy (non-hydrogen) atoms. The zero-order valence-electron chi connectivity index (χ0n) is 8.75. The fourth-order valence-electron chi connectivity index (χ4n) is 1.42. The van der Waals surface area contributed by atoms with E-state index in [2.05, 4.69) is 25.7 Å². The molecule has 2 aromatic rings. The Morgan fingerprint density at radius 3 is 3.18 bits per heavy atom. The van der Waals surface area contributed by atoms with Crippen molar-refractivity contribution in [3.8, 4) is 11.5 Å². The molecule has 0 saturated heterocycles. The lowest BCUT2D eigenvalue weighted by molar-refractivity contribution is 0.174. The van der Waals surface area contributed by atoms with Crippen molar-refractivity contribution in [3.05, 3.63) is 30.1 Å². The van der Waals surface area contributed by atoms with E-state index in [0.717, 1.165) is 17.1 Å². The molecule has 2 heterocycles. The van der Waals surface area contributed by atoms with Crippen molar-refractivity contribution >= 4 is 12.2 Å². The van der Waals surface area contributed by atoms with E-state index >= 15 is 0 Å². The maximum atomic E-state index is 5.26. The normalized spacial score (nSPS) is 13.2. The van der Waals surface area contributed by atoms with E-state index in [4.69, 9.17) is 9.47 Å². The third-order valence-corrected chi connectivity index (χ3v) is 2.20. The van der Waals surface area contributed by atoms with Gasteiger partial charge < -0.3 is 9.47 Å². The van der Waals surface area contributed by atoms with Crippen LogP contribution in [0.15, 0.2) is 29.6 Å². The van der Waals surface area contributed by atoms with Crippen LogP contribution in [0.4, 0.5) is 5.95 Å². The number of nitrogens with one attached hydrogen (secondary N) is 2. The molecule has 7 nitrogen and oxygen atoms in total. The lowest BCUT2D eigenvalue weighted by Gasteiger charge is -1.97. The summed E-state index contributed by atoms with van der Waals surface area (Å²) in [6.45, 7) is 0.270. The summed E-state index contributed by atoms with van der Waals surface area (Å²) in [5, 5.41) is 10.3. The Labute approximate surface area is 96.5 Å². The summed E-state index contributed by atoms with van der Waals surface area (Å²) in [6.07, 6.45) is 3.06.